The van der Waals surface area contributed by atoms with Crippen LogP contribution in [0.25, 0.3) is 0 Å². The molecule has 3 rings (SSSR count). The van der Waals surface area contributed by atoms with Gasteiger partial charge in [0, 0.05) is 11.6 Å². The molecule has 0 saturated carbocycles. The summed E-state index contributed by atoms with van der Waals surface area (Å²) >= 11 is 3.76. The fourth-order valence-electron chi connectivity index (χ4n) is 1.45. The number of anilines is 2. The lowest BCUT2D eigenvalue weighted by molar-refractivity contribution is -0.113. The molecular formula is C12H9N5O3S3. The van der Waals surface area contributed by atoms with Crippen molar-refractivity contribution >= 4 is 56.5 Å². The van der Waals surface area contributed by atoms with Crippen LogP contribution in [0.4, 0.5) is 10.3 Å². The van der Waals surface area contributed by atoms with E-state index in [1.807, 2.05) is 0 Å². The lowest BCUT2D eigenvalue weighted by Gasteiger charge is -1.98. The van der Waals surface area contributed by atoms with Crippen molar-refractivity contribution in [2.45, 2.75) is 4.34 Å². The third kappa shape index (κ3) is 4.37. The summed E-state index contributed by atoms with van der Waals surface area (Å²) in [7, 11) is 0. The first kappa shape index (κ1) is 15.6. The normalized spacial score (nSPS) is 10.4. The van der Waals surface area contributed by atoms with E-state index in [0.717, 1.165) is 0 Å². The maximum atomic E-state index is 11.8. The zero-order valence-corrected chi connectivity index (χ0v) is 13.8. The van der Waals surface area contributed by atoms with Crippen molar-refractivity contribution in [3.8, 4) is 0 Å². The highest BCUT2D eigenvalue weighted by Gasteiger charge is 2.13. The van der Waals surface area contributed by atoms with Gasteiger partial charge in [-0.05, 0) is 12.1 Å². The monoisotopic (exact) mass is 367 g/mol. The van der Waals surface area contributed by atoms with Crippen molar-refractivity contribution in [2.24, 2.45) is 0 Å². The second kappa shape index (κ2) is 7.35. The highest BCUT2D eigenvalue weighted by Crippen LogP contribution is 2.26. The molecule has 0 bridgehead atoms. The van der Waals surface area contributed by atoms with Gasteiger partial charge in [-0.25, -0.2) is 4.98 Å². The number of hydrogen-bond acceptors (Lipinski definition) is 9. The highest BCUT2D eigenvalue weighted by molar-refractivity contribution is 8.01. The topological polar surface area (TPSA) is 110 Å². The zero-order chi connectivity index (χ0) is 16.1. The smallest absolute Gasteiger partial charge is 0.293 e. The molecule has 0 aliphatic heterocycles. The van der Waals surface area contributed by atoms with Crippen molar-refractivity contribution in [3.05, 3.63) is 35.7 Å². The lowest BCUT2D eigenvalue weighted by atomic mass is 10.4. The molecule has 0 aromatic carbocycles. The van der Waals surface area contributed by atoms with E-state index >= 15 is 0 Å². The summed E-state index contributed by atoms with van der Waals surface area (Å²) < 4.78 is 5.56. The standard InChI is InChI=1S/C12H9N5O3S3/c18-8(14-10-13-3-5-21-10)6-22-12-17-16-11(23-12)15-9(19)7-2-1-4-20-7/h1-5H,6H2,(H,13,14,18)(H,15,16,19). The van der Waals surface area contributed by atoms with Gasteiger partial charge in [0.2, 0.25) is 11.0 Å². The molecule has 0 fully saturated rings. The Balaban J connectivity index is 1.49. The minimum absolute atomic E-state index is 0.179. The molecule has 23 heavy (non-hydrogen) atoms. The Morgan fingerprint density at radius 1 is 1.26 bits per heavy atom. The molecule has 0 saturated heterocycles. The molecule has 3 aromatic heterocycles. The molecule has 8 nitrogen and oxygen atoms in total. The first-order valence-corrected chi connectivity index (χ1v) is 8.89. The van der Waals surface area contributed by atoms with E-state index in [-0.39, 0.29) is 17.4 Å². The lowest BCUT2D eigenvalue weighted by Crippen LogP contribution is -2.13. The van der Waals surface area contributed by atoms with Gasteiger partial charge in [-0.3, -0.25) is 14.9 Å². The third-order valence-electron chi connectivity index (χ3n) is 2.38. The van der Waals surface area contributed by atoms with Crippen LogP contribution in [-0.2, 0) is 4.79 Å². The van der Waals surface area contributed by atoms with Crippen LogP contribution in [0.2, 0.25) is 0 Å². The van der Waals surface area contributed by atoms with Crippen LogP contribution in [0.1, 0.15) is 10.6 Å². The number of carbonyl (C=O) groups is 2. The van der Waals surface area contributed by atoms with Gasteiger partial charge in [-0.15, -0.1) is 21.5 Å². The molecule has 0 unspecified atom stereocenters. The van der Waals surface area contributed by atoms with E-state index in [9.17, 15) is 9.59 Å². The number of thiazole rings is 1. The number of hydrogen-bond donors (Lipinski definition) is 2. The molecule has 0 atom stereocenters. The third-order valence-corrected chi connectivity index (χ3v) is 5.04. The van der Waals surface area contributed by atoms with Crippen molar-refractivity contribution in [2.75, 3.05) is 16.4 Å². The van der Waals surface area contributed by atoms with Gasteiger partial charge in [0.1, 0.15) is 0 Å². The van der Waals surface area contributed by atoms with E-state index in [0.29, 0.717) is 14.6 Å². The predicted molar refractivity (Wildman–Crippen MR) is 88.0 cm³/mol. The Morgan fingerprint density at radius 2 is 2.17 bits per heavy atom. The summed E-state index contributed by atoms with van der Waals surface area (Å²) in [4.78, 5) is 27.5. The SMILES string of the molecule is O=C(CSc1nnc(NC(=O)c2ccco2)s1)Nc1nccs1. The van der Waals surface area contributed by atoms with Gasteiger partial charge in [-0.2, -0.15) is 0 Å². The quantitative estimate of drug-likeness (QED) is 0.509. The van der Waals surface area contributed by atoms with E-state index in [4.69, 9.17) is 4.42 Å². The van der Waals surface area contributed by atoms with E-state index in [1.54, 1.807) is 23.7 Å². The van der Waals surface area contributed by atoms with Gasteiger partial charge in [0.25, 0.3) is 5.91 Å². The van der Waals surface area contributed by atoms with E-state index < -0.39 is 5.91 Å². The van der Waals surface area contributed by atoms with E-state index in [2.05, 4.69) is 25.8 Å². The maximum absolute atomic E-state index is 11.8. The molecule has 11 heteroatoms. The summed E-state index contributed by atoms with van der Waals surface area (Å²) in [6.07, 6.45) is 3.03. The van der Waals surface area contributed by atoms with Crippen molar-refractivity contribution in [1.82, 2.24) is 15.2 Å². The largest absolute Gasteiger partial charge is 0.459 e. The summed E-state index contributed by atoms with van der Waals surface area (Å²) in [5.41, 5.74) is 0. The minimum Gasteiger partial charge on any atom is -0.459 e. The number of nitrogens with zero attached hydrogens (tertiary/aromatic N) is 3. The predicted octanol–water partition coefficient (Wildman–Crippen LogP) is 2.57. The Kier molecular flexibility index (Phi) is 5.00. The molecule has 0 aliphatic carbocycles. The fraction of sp³-hybridized carbons (Fsp3) is 0.0833. The van der Waals surface area contributed by atoms with Crippen LogP contribution >= 0.6 is 34.4 Å². The second-order valence-corrected chi connectivity index (χ2v) is 7.07. The second-order valence-electron chi connectivity index (χ2n) is 3.98. The summed E-state index contributed by atoms with van der Waals surface area (Å²) in [5.74, 6) is -0.205. The number of nitrogens with one attached hydrogen (secondary N) is 2. The van der Waals surface area contributed by atoms with Crippen LogP contribution in [0.5, 0.6) is 0 Å². The average Bonchev–Trinajstić information content (AvgIpc) is 3.28. The van der Waals surface area contributed by atoms with Crippen molar-refractivity contribution in [1.29, 1.82) is 0 Å². The van der Waals surface area contributed by atoms with Crippen molar-refractivity contribution in [3.63, 3.8) is 0 Å². The van der Waals surface area contributed by atoms with Crippen LogP contribution < -0.4 is 10.6 Å². The molecule has 118 valence electrons. The van der Waals surface area contributed by atoms with Crippen LogP contribution in [0.15, 0.2) is 38.7 Å². The summed E-state index contributed by atoms with van der Waals surface area (Å²) in [6.45, 7) is 0. The fourth-order valence-corrected chi connectivity index (χ4v) is 3.55. The number of amides is 2. The summed E-state index contributed by atoms with van der Waals surface area (Å²) in [5, 5.41) is 15.7. The molecule has 3 heterocycles. The molecule has 0 aliphatic rings. The van der Waals surface area contributed by atoms with Gasteiger partial charge >= 0.3 is 0 Å². The highest BCUT2D eigenvalue weighted by atomic mass is 32.2. The number of rotatable bonds is 6. The molecule has 0 spiro atoms. The Bertz CT molecular complexity index is 785. The Hall–Kier alpha value is -2.24. The van der Waals surface area contributed by atoms with Crippen LogP contribution in [-0.4, -0.2) is 32.7 Å². The van der Waals surface area contributed by atoms with Crippen LogP contribution in [0, 0.1) is 0 Å². The van der Waals surface area contributed by atoms with Gasteiger partial charge < -0.3 is 9.73 Å². The van der Waals surface area contributed by atoms with Gasteiger partial charge in [0.15, 0.2) is 15.2 Å². The van der Waals surface area contributed by atoms with E-state index in [1.165, 1.54) is 40.7 Å². The molecule has 2 N–H and O–H groups in total. The Labute approximate surface area is 142 Å². The van der Waals surface area contributed by atoms with Crippen LogP contribution in [0.3, 0.4) is 0 Å². The number of furan rings is 1. The van der Waals surface area contributed by atoms with Crippen molar-refractivity contribution < 1.29 is 14.0 Å². The minimum atomic E-state index is -0.399. The molecule has 2 amide bonds. The maximum Gasteiger partial charge on any atom is 0.293 e. The average molecular weight is 367 g/mol. The molecule has 3 aromatic rings. The van der Waals surface area contributed by atoms with Gasteiger partial charge in [0.05, 0.1) is 12.0 Å². The Morgan fingerprint density at radius 3 is 2.91 bits per heavy atom. The summed E-state index contributed by atoms with van der Waals surface area (Å²) in [6, 6.07) is 3.17. The first-order chi connectivity index (χ1) is 11.2. The number of carbonyl (C=O) groups excluding carboxylic acids is 2. The molecule has 0 radical (unpaired) electrons. The molecular weight excluding hydrogens is 358 g/mol. The number of thioether (sulfide) groups is 1. The number of aromatic nitrogens is 3. The first-order valence-electron chi connectivity index (χ1n) is 6.21. The zero-order valence-electron chi connectivity index (χ0n) is 11.4. The van der Waals surface area contributed by atoms with Gasteiger partial charge in [-0.1, -0.05) is 23.1 Å².